The van der Waals surface area contributed by atoms with Crippen LogP contribution in [0.15, 0.2) is 6.20 Å². The zero-order valence-electron chi connectivity index (χ0n) is 8.58. The second kappa shape index (κ2) is 4.04. The molecule has 2 bridgehead atoms. The minimum Gasteiger partial charge on any atom is -0.307 e. The summed E-state index contributed by atoms with van der Waals surface area (Å²) >= 11 is 7.43. The molecule has 3 rings (SSSR count). The summed E-state index contributed by atoms with van der Waals surface area (Å²) in [6.45, 7) is 0.894. The van der Waals surface area contributed by atoms with Crippen molar-refractivity contribution in [1.29, 1.82) is 0 Å². The highest BCUT2D eigenvalue weighted by Gasteiger charge is 2.38. The maximum Gasteiger partial charge on any atom is 0.113 e. The lowest BCUT2D eigenvalue weighted by atomic mass is 9.95. The first-order valence-corrected chi connectivity index (χ1v) is 6.84. The van der Waals surface area contributed by atoms with Gasteiger partial charge in [0.1, 0.15) is 9.34 Å². The van der Waals surface area contributed by atoms with Crippen molar-refractivity contribution in [3.8, 4) is 0 Å². The summed E-state index contributed by atoms with van der Waals surface area (Å²) in [6.07, 6.45) is 7.47. The molecule has 2 aliphatic carbocycles. The molecule has 2 saturated carbocycles. The number of halogens is 1. The smallest absolute Gasteiger partial charge is 0.113 e. The van der Waals surface area contributed by atoms with Gasteiger partial charge in [-0.25, -0.2) is 4.98 Å². The van der Waals surface area contributed by atoms with Gasteiger partial charge in [-0.2, -0.15) is 0 Å². The van der Waals surface area contributed by atoms with Crippen molar-refractivity contribution >= 4 is 22.9 Å². The molecule has 1 heterocycles. The molecule has 2 fully saturated rings. The Bertz CT molecular complexity index is 352. The molecule has 0 aliphatic heterocycles. The van der Waals surface area contributed by atoms with E-state index in [1.54, 1.807) is 17.5 Å². The highest BCUT2D eigenvalue weighted by molar-refractivity contribution is 7.15. The number of nitrogens with one attached hydrogen (secondary N) is 1. The minimum atomic E-state index is 0.742. The maximum absolute atomic E-state index is 5.85. The zero-order valence-corrected chi connectivity index (χ0v) is 10.2. The molecule has 82 valence electrons. The molecule has 0 amide bonds. The van der Waals surface area contributed by atoms with Crippen molar-refractivity contribution < 1.29 is 0 Å². The average molecular weight is 243 g/mol. The van der Waals surface area contributed by atoms with Crippen LogP contribution in [0.1, 0.15) is 30.7 Å². The van der Waals surface area contributed by atoms with Crippen LogP contribution >= 0.6 is 22.9 Å². The van der Waals surface area contributed by atoms with Crippen molar-refractivity contribution in [3.05, 3.63) is 15.5 Å². The summed E-state index contributed by atoms with van der Waals surface area (Å²) in [5.74, 6) is 1.94. The Labute approximate surface area is 99.1 Å². The van der Waals surface area contributed by atoms with Gasteiger partial charge in [0, 0.05) is 12.6 Å². The van der Waals surface area contributed by atoms with E-state index in [1.807, 2.05) is 0 Å². The van der Waals surface area contributed by atoms with E-state index in [-0.39, 0.29) is 0 Å². The Balaban J connectivity index is 1.54. The van der Waals surface area contributed by atoms with Gasteiger partial charge in [-0.1, -0.05) is 18.0 Å². The first kappa shape index (κ1) is 10.1. The van der Waals surface area contributed by atoms with Crippen molar-refractivity contribution in [2.24, 2.45) is 11.8 Å². The third-order valence-electron chi connectivity index (χ3n) is 3.78. The van der Waals surface area contributed by atoms with Crippen LogP contribution in [0.25, 0.3) is 0 Å². The number of aromatic nitrogens is 1. The maximum atomic E-state index is 5.85. The van der Waals surface area contributed by atoms with E-state index in [0.717, 1.165) is 33.8 Å². The van der Waals surface area contributed by atoms with Gasteiger partial charge in [-0.15, -0.1) is 11.3 Å². The van der Waals surface area contributed by atoms with E-state index < -0.39 is 0 Å². The Morgan fingerprint density at radius 3 is 3.00 bits per heavy atom. The van der Waals surface area contributed by atoms with Crippen LogP contribution < -0.4 is 5.32 Å². The molecular weight excluding hydrogens is 228 g/mol. The largest absolute Gasteiger partial charge is 0.307 e. The number of rotatable bonds is 3. The summed E-state index contributed by atoms with van der Waals surface area (Å²) in [5, 5.41) is 4.75. The van der Waals surface area contributed by atoms with E-state index in [9.17, 15) is 0 Å². The number of hydrogen-bond donors (Lipinski definition) is 1. The molecule has 2 aliphatic rings. The second-order valence-electron chi connectivity index (χ2n) is 4.72. The van der Waals surface area contributed by atoms with Gasteiger partial charge in [-0.3, -0.25) is 0 Å². The summed E-state index contributed by atoms with van der Waals surface area (Å²) < 4.78 is 0.791. The molecule has 4 heteroatoms. The van der Waals surface area contributed by atoms with Crippen LogP contribution in [-0.2, 0) is 6.54 Å². The van der Waals surface area contributed by atoms with Gasteiger partial charge in [0.15, 0.2) is 0 Å². The summed E-state index contributed by atoms with van der Waals surface area (Å²) in [7, 11) is 0. The molecule has 0 aromatic carbocycles. The van der Waals surface area contributed by atoms with Crippen molar-refractivity contribution in [3.63, 3.8) is 0 Å². The molecule has 2 nitrogen and oxygen atoms in total. The average Bonchev–Trinajstić information content (AvgIpc) is 2.90. The summed E-state index contributed by atoms with van der Waals surface area (Å²) in [5.41, 5.74) is 0. The summed E-state index contributed by atoms with van der Waals surface area (Å²) in [4.78, 5) is 4.26. The monoisotopic (exact) mass is 242 g/mol. The fourth-order valence-corrected chi connectivity index (χ4v) is 3.99. The van der Waals surface area contributed by atoms with Gasteiger partial charge in [0.25, 0.3) is 0 Å². The number of thiazole rings is 1. The number of hydrogen-bond acceptors (Lipinski definition) is 3. The lowest BCUT2D eigenvalue weighted by Gasteiger charge is -2.22. The van der Waals surface area contributed by atoms with Gasteiger partial charge in [0.2, 0.25) is 0 Å². The standard InChI is InChI=1S/C11H15ClN2S/c12-10-5-14-11(15-10)6-13-9-4-7-1-2-8(9)3-7/h5,7-9,13H,1-4,6H2. The van der Waals surface area contributed by atoms with E-state index in [0.29, 0.717) is 0 Å². The number of fused-ring (bicyclic) bond motifs is 2. The molecule has 1 N–H and O–H groups in total. The highest BCUT2D eigenvalue weighted by atomic mass is 35.5. The Morgan fingerprint density at radius 1 is 1.47 bits per heavy atom. The third-order valence-corrected chi connectivity index (χ3v) is 4.89. The Kier molecular flexibility index (Phi) is 2.71. The first-order valence-electron chi connectivity index (χ1n) is 5.65. The molecule has 1 aromatic heterocycles. The van der Waals surface area contributed by atoms with E-state index >= 15 is 0 Å². The van der Waals surface area contributed by atoms with Crippen LogP contribution in [0.4, 0.5) is 0 Å². The van der Waals surface area contributed by atoms with Crippen molar-refractivity contribution in [2.75, 3.05) is 0 Å². The van der Waals surface area contributed by atoms with Gasteiger partial charge >= 0.3 is 0 Å². The van der Waals surface area contributed by atoms with Gasteiger partial charge < -0.3 is 5.32 Å². The molecule has 3 atom stereocenters. The first-order chi connectivity index (χ1) is 7.31. The molecule has 0 spiro atoms. The lowest BCUT2D eigenvalue weighted by molar-refractivity contribution is 0.350. The number of nitrogens with zero attached hydrogens (tertiary/aromatic N) is 1. The second-order valence-corrected chi connectivity index (χ2v) is 6.47. The zero-order chi connectivity index (χ0) is 10.3. The summed E-state index contributed by atoms with van der Waals surface area (Å²) in [6, 6.07) is 0.742. The van der Waals surface area contributed by atoms with E-state index in [2.05, 4.69) is 10.3 Å². The minimum absolute atomic E-state index is 0.742. The predicted molar refractivity (Wildman–Crippen MR) is 63.2 cm³/mol. The van der Waals surface area contributed by atoms with Crippen molar-refractivity contribution in [1.82, 2.24) is 10.3 Å². The quantitative estimate of drug-likeness (QED) is 0.881. The molecule has 0 radical (unpaired) electrons. The van der Waals surface area contributed by atoms with Crippen LogP contribution in [-0.4, -0.2) is 11.0 Å². The fraction of sp³-hybridized carbons (Fsp3) is 0.727. The SMILES string of the molecule is Clc1cnc(CNC2CC3CCC2C3)s1. The van der Waals surface area contributed by atoms with E-state index in [4.69, 9.17) is 11.6 Å². The molecule has 15 heavy (non-hydrogen) atoms. The lowest BCUT2D eigenvalue weighted by Crippen LogP contribution is -2.33. The molecule has 3 unspecified atom stereocenters. The van der Waals surface area contributed by atoms with Crippen LogP contribution in [0.5, 0.6) is 0 Å². The normalized spacial score (nSPS) is 33.8. The Hall–Kier alpha value is -0.120. The highest BCUT2D eigenvalue weighted by Crippen LogP contribution is 2.44. The van der Waals surface area contributed by atoms with Crippen LogP contribution in [0, 0.1) is 11.8 Å². The molecule has 0 saturated heterocycles. The fourth-order valence-electron chi connectivity index (χ4n) is 3.08. The van der Waals surface area contributed by atoms with E-state index in [1.165, 1.54) is 25.7 Å². The van der Waals surface area contributed by atoms with Crippen LogP contribution in [0.3, 0.4) is 0 Å². The molecule has 1 aromatic rings. The third kappa shape index (κ3) is 2.05. The topological polar surface area (TPSA) is 24.9 Å². The molecular formula is C11H15ClN2S. The predicted octanol–water partition coefficient (Wildman–Crippen LogP) is 3.07. The van der Waals surface area contributed by atoms with Gasteiger partial charge in [-0.05, 0) is 31.1 Å². The van der Waals surface area contributed by atoms with Crippen molar-refractivity contribution in [2.45, 2.75) is 38.3 Å². The van der Waals surface area contributed by atoms with Gasteiger partial charge in [0.05, 0.1) is 6.20 Å². The van der Waals surface area contributed by atoms with Crippen LogP contribution in [0.2, 0.25) is 4.34 Å². The Morgan fingerprint density at radius 2 is 2.40 bits per heavy atom.